The number of thiol groups is 1. The van der Waals surface area contributed by atoms with E-state index >= 15 is 0 Å². The van der Waals surface area contributed by atoms with Crippen LogP contribution in [0.1, 0.15) is 12.0 Å². The Balaban J connectivity index is 2.49. The van der Waals surface area contributed by atoms with Gasteiger partial charge in [-0.25, -0.2) is 0 Å². The highest BCUT2D eigenvalue weighted by molar-refractivity contribution is 7.78. The zero-order chi connectivity index (χ0) is 7.68. The van der Waals surface area contributed by atoms with E-state index in [4.69, 9.17) is 0 Å². The number of aromatic hydroxyl groups is 1. The average molecular weight is 167 g/mol. The van der Waals surface area contributed by atoms with Gasteiger partial charge in [0.15, 0.2) is 10.6 Å². The monoisotopic (exact) mass is 167 g/mol. The van der Waals surface area contributed by atoms with Crippen molar-refractivity contribution in [2.75, 3.05) is 5.75 Å². The fraction of sp³-hybridized carbons (Fsp3) is 0.333. The third-order valence-corrected chi connectivity index (χ3v) is 3.34. The normalized spacial score (nSPS) is 16.0. The van der Waals surface area contributed by atoms with Crippen LogP contribution in [0.25, 0.3) is 0 Å². The van der Waals surface area contributed by atoms with Gasteiger partial charge in [0.2, 0.25) is 0 Å². The SMILES string of the molecule is Oc1cccc2c1[SH+]CCC2. The van der Waals surface area contributed by atoms with E-state index in [1.54, 1.807) is 6.07 Å². The first-order chi connectivity index (χ1) is 5.38. The molecular weight excluding hydrogens is 156 g/mol. The molecule has 0 aliphatic carbocycles. The third kappa shape index (κ3) is 1.23. The summed E-state index contributed by atoms with van der Waals surface area (Å²) in [4.78, 5) is 1.15. The Morgan fingerprint density at radius 1 is 1.36 bits per heavy atom. The first-order valence-corrected chi connectivity index (χ1v) is 4.94. The van der Waals surface area contributed by atoms with E-state index in [1.165, 1.54) is 29.5 Å². The molecule has 1 aromatic rings. The largest absolute Gasteiger partial charge is 0.503 e. The lowest BCUT2D eigenvalue weighted by Gasteiger charge is -2.08. The van der Waals surface area contributed by atoms with Gasteiger partial charge in [-0.05, 0) is 18.9 Å². The quantitative estimate of drug-likeness (QED) is 0.459. The number of benzene rings is 1. The number of hydrogen-bond donors (Lipinski definition) is 1. The highest BCUT2D eigenvalue weighted by atomic mass is 32.2. The molecule has 1 nitrogen and oxygen atoms in total. The lowest BCUT2D eigenvalue weighted by atomic mass is 10.1. The lowest BCUT2D eigenvalue weighted by Crippen LogP contribution is -2.04. The predicted octanol–water partition coefficient (Wildman–Crippen LogP) is 1.51. The van der Waals surface area contributed by atoms with Crippen molar-refractivity contribution in [3.63, 3.8) is 0 Å². The fourth-order valence-electron chi connectivity index (χ4n) is 1.42. The second kappa shape index (κ2) is 2.78. The molecule has 2 rings (SSSR count). The van der Waals surface area contributed by atoms with Crippen LogP contribution >= 0.6 is 0 Å². The van der Waals surface area contributed by atoms with E-state index in [0.717, 1.165) is 11.3 Å². The number of aryl methyl sites for hydroxylation is 1. The van der Waals surface area contributed by atoms with Crippen LogP contribution in [0.4, 0.5) is 0 Å². The van der Waals surface area contributed by atoms with Crippen molar-refractivity contribution in [3.05, 3.63) is 23.8 Å². The van der Waals surface area contributed by atoms with Crippen LogP contribution in [0.2, 0.25) is 0 Å². The molecule has 0 spiro atoms. The number of phenols is 1. The Hall–Kier alpha value is -0.630. The van der Waals surface area contributed by atoms with Crippen LogP contribution in [-0.4, -0.2) is 10.9 Å². The molecule has 0 fully saturated rings. The second-order valence-electron chi connectivity index (χ2n) is 2.77. The molecule has 0 radical (unpaired) electrons. The van der Waals surface area contributed by atoms with Crippen LogP contribution in [0, 0.1) is 0 Å². The maximum atomic E-state index is 9.45. The van der Waals surface area contributed by atoms with Crippen molar-refractivity contribution in [2.24, 2.45) is 0 Å². The Kier molecular flexibility index (Phi) is 1.78. The summed E-state index contributed by atoms with van der Waals surface area (Å²) < 4.78 is 0. The average Bonchev–Trinajstić information content (AvgIpc) is 2.06. The number of phenolic OH excluding ortho intramolecular Hbond substituents is 1. The number of rotatable bonds is 0. The van der Waals surface area contributed by atoms with E-state index in [-0.39, 0.29) is 0 Å². The van der Waals surface area contributed by atoms with Gasteiger partial charge in [-0.2, -0.15) is 0 Å². The van der Waals surface area contributed by atoms with E-state index in [2.05, 4.69) is 6.07 Å². The van der Waals surface area contributed by atoms with Gasteiger partial charge < -0.3 is 5.11 Å². The van der Waals surface area contributed by atoms with Gasteiger partial charge in [0.05, 0.1) is 0 Å². The Morgan fingerprint density at radius 3 is 3.09 bits per heavy atom. The third-order valence-electron chi connectivity index (χ3n) is 1.97. The zero-order valence-electron chi connectivity index (χ0n) is 6.25. The van der Waals surface area contributed by atoms with Crippen LogP contribution in [-0.2, 0) is 18.2 Å². The maximum absolute atomic E-state index is 9.45. The second-order valence-corrected chi connectivity index (χ2v) is 3.98. The molecule has 0 saturated heterocycles. The van der Waals surface area contributed by atoms with Crippen molar-refractivity contribution >= 4 is 11.8 Å². The summed E-state index contributed by atoms with van der Waals surface area (Å²) in [6.45, 7) is 0. The molecule has 1 aliphatic rings. The summed E-state index contributed by atoms with van der Waals surface area (Å²) in [5.41, 5.74) is 1.33. The Bertz CT molecular complexity index is 270. The molecule has 1 aromatic carbocycles. The van der Waals surface area contributed by atoms with E-state index < -0.39 is 0 Å². The molecule has 1 aliphatic heterocycles. The van der Waals surface area contributed by atoms with E-state index in [1.807, 2.05) is 6.07 Å². The summed E-state index contributed by atoms with van der Waals surface area (Å²) in [6, 6.07) is 5.81. The van der Waals surface area contributed by atoms with Crippen LogP contribution in [0.3, 0.4) is 0 Å². The van der Waals surface area contributed by atoms with Gasteiger partial charge >= 0.3 is 0 Å². The highest BCUT2D eigenvalue weighted by Crippen LogP contribution is 2.27. The van der Waals surface area contributed by atoms with E-state index in [0.29, 0.717) is 5.75 Å². The minimum Gasteiger partial charge on any atom is -0.503 e. The zero-order valence-corrected chi connectivity index (χ0v) is 7.14. The van der Waals surface area contributed by atoms with Crippen molar-refractivity contribution in [3.8, 4) is 5.75 Å². The summed E-state index contributed by atoms with van der Waals surface area (Å²) in [5, 5.41) is 9.45. The molecular formula is C9H11OS+. The van der Waals surface area contributed by atoms with Crippen molar-refractivity contribution in [2.45, 2.75) is 17.7 Å². The maximum Gasteiger partial charge on any atom is 0.197 e. The van der Waals surface area contributed by atoms with Gasteiger partial charge in [-0.1, -0.05) is 12.1 Å². The Morgan fingerprint density at radius 2 is 2.27 bits per heavy atom. The fourth-order valence-corrected chi connectivity index (χ4v) is 2.59. The minimum atomic E-state index is 0.476. The summed E-state index contributed by atoms with van der Waals surface area (Å²) in [6.07, 6.45) is 2.40. The lowest BCUT2D eigenvalue weighted by molar-refractivity contribution is 0.460. The molecule has 1 heterocycles. The Labute approximate surface area is 70.4 Å². The highest BCUT2D eigenvalue weighted by Gasteiger charge is 2.19. The van der Waals surface area contributed by atoms with Gasteiger partial charge in [-0.3, -0.25) is 0 Å². The standard InChI is InChI=1S/C9H10OS/c10-8-5-1-3-7-4-2-6-11-9(7)8/h1,3,5,10H,2,4,6H2/p+1. The molecule has 58 valence electrons. The summed E-state index contributed by atoms with van der Waals surface area (Å²) in [7, 11) is 0. The van der Waals surface area contributed by atoms with Crippen molar-refractivity contribution in [1.82, 2.24) is 0 Å². The molecule has 0 saturated carbocycles. The summed E-state index contributed by atoms with van der Waals surface area (Å²) in [5.74, 6) is 1.67. The molecule has 0 amide bonds. The number of fused-ring (bicyclic) bond motifs is 1. The first kappa shape index (κ1) is 7.04. The molecule has 1 N–H and O–H groups in total. The van der Waals surface area contributed by atoms with E-state index in [9.17, 15) is 5.11 Å². The van der Waals surface area contributed by atoms with Gasteiger partial charge in [0.25, 0.3) is 0 Å². The summed E-state index contributed by atoms with van der Waals surface area (Å²) >= 11 is 1.29. The predicted molar refractivity (Wildman–Crippen MR) is 48.3 cm³/mol. The first-order valence-electron chi connectivity index (χ1n) is 3.86. The smallest absolute Gasteiger partial charge is 0.197 e. The molecule has 2 heteroatoms. The van der Waals surface area contributed by atoms with Gasteiger partial charge in [0.1, 0.15) is 5.75 Å². The topological polar surface area (TPSA) is 20.2 Å². The molecule has 11 heavy (non-hydrogen) atoms. The molecule has 0 atom stereocenters. The van der Waals surface area contributed by atoms with Gasteiger partial charge in [0, 0.05) is 17.3 Å². The molecule has 0 bridgehead atoms. The number of hydrogen-bond acceptors (Lipinski definition) is 1. The molecule has 0 aromatic heterocycles. The van der Waals surface area contributed by atoms with Crippen LogP contribution in [0.15, 0.2) is 23.1 Å². The van der Waals surface area contributed by atoms with Crippen LogP contribution in [0.5, 0.6) is 5.75 Å². The van der Waals surface area contributed by atoms with Crippen LogP contribution < -0.4 is 0 Å². The van der Waals surface area contributed by atoms with Gasteiger partial charge in [-0.15, -0.1) is 0 Å². The van der Waals surface area contributed by atoms with Crippen molar-refractivity contribution in [1.29, 1.82) is 0 Å². The minimum absolute atomic E-state index is 0.476. The van der Waals surface area contributed by atoms with Crippen molar-refractivity contribution < 1.29 is 5.11 Å². The molecule has 0 unspecified atom stereocenters.